The topological polar surface area (TPSA) is 249 Å². The highest BCUT2D eigenvalue weighted by Gasteiger charge is 2.31. The zero-order valence-electron chi connectivity index (χ0n) is 9.74. The normalized spacial score (nSPS) is 9.62. The maximum absolute atomic E-state index is 10.6. The van der Waals surface area contributed by atoms with Crippen LogP contribution < -0.4 is 16.9 Å². The summed E-state index contributed by atoms with van der Waals surface area (Å²) in [6.45, 7) is 0. The highest BCUT2D eigenvalue weighted by molar-refractivity contribution is 5.60. The molecule has 2 aromatic rings. The molecule has 7 N–H and O–H groups in total. The molecule has 114 valence electrons. The fourth-order valence-corrected chi connectivity index (χ4v) is 1.13. The molecule has 21 heavy (non-hydrogen) atoms. The van der Waals surface area contributed by atoms with Gasteiger partial charge in [-0.05, 0) is 10.5 Å². The minimum atomic E-state index is -0.935. The third-order valence-corrected chi connectivity index (χ3v) is 1.78. The van der Waals surface area contributed by atoms with Gasteiger partial charge in [-0.2, -0.15) is 0 Å². The highest BCUT2D eigenvalue weighted by atomic mass is 16.7. The van der Waals surface area contributed by atoms with Crippen molar-refractivity contribution in [1.82, 2.24) is 35.9 Å². The van der Waals surface area contributed by atoms with Gasteiger partial charge < -0.3 is 26.0 Å². The van der Waals surface area contributed by atoms with E-state index in [4.69, 9.17) is 16.1 Å². The number of nitro groups is 2. The van der Waals surface area contributed by atoms with Crippen molar-refractivity contribution in [1.29, 1.82) is 0 Å². The summed E-state index contributed by atoms with van der Waals surface area (Å²) in [7, 11) is 0. The number of hydrazine groups is 1. The molecular formula is C4H7N11O6. The van der Waals surface area contributed by atoms with Gasteiger partial charge >= 0.3 is 17.6 Å². The van der Waals surface area contributed by atoms with Crippen molar-refractivity contribution in [3.05, 3.63) is 20.2 Å². The lowest BCUT2D eigenvalue weighted by Gasteiger charge is -1.99. The van der Waals surface area contributed by atoms with Gasteiger partial charge in [0.1, 0.15) is 0 Å². The second-order valence-corrected chi connectivity index (χ2v) is 2.93. The van der Waals surface area contributed by atoms with E-state index in [0.717, 1.165) is 5.64 Å². The molecule has 0 aliphatic rings. The average molecular weight is 305 g/mol. The first kappa shape index (κ1) is 15.6. The summed E-state index contributed by atoms with van der Waals surface area (Å²) in [6.07, 6.45) is 0. The number of nitrogens with zero attached hydrogens (tertiary/aromatic N) is 7. The molecule has 0 atom stereocenters. The summed E-state index contributed by atoms with van der Waals surface area (Å²) in [5.41, 5.74) is 7.39. The zero-order valence-corrected chi connectivity index (χ0v) is 9.74. The minimum absolute atomic E-state index is 0.315. The van der Waals surface area contributed by atoms with Gasteiger partial charge in [0, 0.05) is 5.03 Å². The number of rotatable bonds is 4. The van der Waals surface area contributed by atoms with Crippen LogP contribution in [0, 0.1) is 20.2 Å². The fourth-order valence-electron chi connectivity index (χ4n) is 1.13. The molecule has 0 aromatic carbocycles. The number of nitrogens with two attached hydrogens (primary N) is 1. The van der Waals surface area contributed by atoms with Crippen molar-refractivity contribution in [3.8, 4) is 11.5 Å². The standard InChI is InChI=1S/C4H4N10O4.H3NO2/c5-4-9-7-2(12(4)11-14(17)18)1-3(13(15)16)8-10-6-1;2-1-3/h11H,(H2,5,9)(H,6,8,10);1-3H. The van der Waals surface area contributed by atoms with Gasteiger partial charge in [-0.25, -0.2) is 0 Å². The van der Waals surface area contributed by atoms with Crippen molar-refractivity contribution >= 4 is 11.8 Å². The van der Waals surface area contributed by atoms with Crippen LogP contribution in [0.5, 0.6) is 0 Å². The van der Waals surface area contributed by atoms with Crippen LogP contribution in [0.4, 0.5) is 11.8 Å². The zero-order chi connectivity index (χ0) is 16.0. The van der Waals surface area contributed by atoms with Crippen molar-refractivity contribution in [3.63, 3.8) is 0 Å². The maximum atomic E-state index is 10.6. The second kappa shape index (κ2) is 6.65. The number of nitrogens with one attached hydrogen (secondary N) is 3. The van der Waals surface area contributed by atoms with Crippen LogP contribution in [-0.4, -0.2) is 50.7 Å². The quantitative estimate of drug-likeness (QED) is 0.255. The molecule has 2 aromatic heterocycles. The van der Waals surface area contributed by atoms with Crippen LogP contribution in [0.1, 0.15) is 0 Å². The van der Waals surface area contributed by atoms with E-state index in [1.807, 2.05) is 5.21 Å². The van der Waals surface area contributed by atoms with Crippen molar-refractivity contribution in [2.75, 3.05) is 11.3 Å². The predicted molar refractivity (Wildman–Crippen MR) is 59.5 cm³/mol. The molecule has 17 heteroatoms. The van der Waals surface area contributed by atoms with Crippen LogP contribution in [0.3, 0.4) is 0 Å². The van der Waals surface area contributed by atoms with Crippen molar-refractivity contribution < 1.29 is 20.4 Å². The van der Waals surface area contributed by atoms with Gasteiger partial charge in [-0.3, -0.25) is 10.4 Å². The number of H-pyrrole nitrogens is 1. The van der Waals surface area contributed by atoms with E-state index in [2.05, 4.69) is 20.4 Å². The largest absolute Gasteiger partial charge is 0.423 e. The monoisotopic (exact) mass is 305 g/mol. The Morgan fingerprint density at radius 2 is 1.86 bits per heavy atom. The van der Waals surface area contributed by atoms with E-state index in [1.165, 1.54) is 0 Å². The van der Waals surface area contributed by atoms with E-state index in [0.29, 0.717) is 4.68 Å². The molecule has 0 amide bonds. The van der Waals surface area contributed by atoms with Crippen LogP contribution in [0.15, 0.2) is 0 Å². The lowest BCUT2D eigenvalue weighted by molar-refractivity contribution is -0.461. The van der Waals surface area contributed by atoms with Gasteiger partial charge in [-0.15, -0.1) is 10.3 Å². The fraction of sp³-hybridized carbons (Fsp3) is 0. The SMILES string of the molecule is Nc1nnc(-c2n[nH]nc2[N+](=O)[O-])n1N[N+](=O)[O-].ONO. The summed E-state index contributed by atoms with van der Waals surface area (Å²) >= 11 is 0. The Morgan fingerprint density at radius 1 is 1.24 bits per heavy atom. The van der Waals surface area contributed by atoms with E-state index >= 15 is 0 Å². The summed E-state index contributed by atoms with van der Waals surface area (Å²) in [5, 5.41) is 49.3. The summed E-state index contributed by atoms with van der Waals surface area (Å²) < 4.78 is 0.630. The lowest BCUT2D eigenvalue weighted by Crippen LogP contribution is -2.23. The Hall–Kier alpha value is -3.44. The van der Waals surface area contributed by atoms with Gasteiger partial charge in [0.25, 0.3) is 5.69 Å². The molecule has 0 saturated heterocycles. The first-order valence-electron chi connectivity index (χ1n) is 4.63. The Labute approximate surface area is 112 Å². The molecule has 0 aliphatic carbocycles. The highest BCUT2D eigenvalue weighted by Crippen LogP contribution is 2.23. The Kier molecular flexibility index (Phi) is 4.94. The summed E-state index contributed by atoms with van der Waals surface area (Å²) in [4.78, 5) is 20.1. The molecule has 0 spiro atoms. The maximum Gasteiger partial charge on any atom is 0.423 e. The number of hydrogen-bond donors (Lipinski definition) is 6. The molecule has 0 aliphatic heterocycles. The second-order valence-electron chi connectivity index (χ2n) is 2.93. The lowest BCUT2D eigenvalue weighted by atomic mass is 10.4. The third-order valence-electron chi connectivity index (χ3n) is 1.78. The number of nitrogen functional groups attached to an aromatic ring is 1. The van der Waals surface area contributed by atoms with E-state index in [-0.39, 0.29) is 17.5 Å². The van der Waals surface area contributed by atoms with Gasteiger partial charge in [-0.1, -0.05) is 20.5 Å². The number of aromatic nitrogens is 6. The molecular weight excluding hydrogens is 298 g/mol. The van der Waals surface area contributed by atoms with Crippen LogP contribution in [-0.2, 0) is 0 Å². The van der Waals surface area contributed by atoms with E-state index < -0.39 is 15.8 Å². The van der Waals surface area contributed by atoms with Crippen molar-refractivity contribution in [2.24, 2.45) is 0 Å². The van der Waals surface area contributed by atoms with E-state index in [9.17, 15) is 20.2 Å². The molecule has 17 nitrogen and oxygen atoms in total. The van der Waals surface area contributed by atoms with Crippen LogP contribution in [0.2, 0.25) is 0 Å². The smallest absolute Gasteiger partial charge is 0.358 e. The summed E-state index contributed by atoms with van der Waals surface area (Å²) in [6, 6.07) is 0. The van der Waals surface area contributed by atoms with Crippen LogP contribution in [0.25, 0.3) is 11.5 Å². The molecule has 2 heterocycles. The van der Waals surface area contributed by atoms with Gasteiger partial charge in [0.2, 0.25) is 0 Å². The first-order valence-corrected chi connectivity index (χ1v) is 4.63. The van der Waals surface area contributed by atoms with Gasteiger partial charge in [0.15, 0.2) is 0 Å². The Morgan fingerprint density at radius 3 is 2.38 bits per heavy atom. The Bertz CT molecular complexity index is 632. The minimum Gasteiger partial charge on any atom is -0.358 e. The molecule has 0 bridgehead atoms. The van der Waals surface area contributed by atoms with Gasteiger partial charge in [0.05, 0.1) is 5.10 Å². The molecule has 0 unspecified atom stereocenters. The average Bonchev–Trinajstić information content (AvgIpc) is 2.98. The third kappa shape index (κ3) is 3.52. The molecule has 0 fully saturated rings. The first-order chi connectivity index (χ1) is 9.92. The predicted octanol–water partition coefficient (Wildman–Crippen LogP) is -2.36. The number of anilines is 1. The van der Waals surface area contributed by atoms with Crippen molar-refractivity contribution in [2.45, 2.75) is 0 Å². The molecule has 0 radical (unpaired) electrons. The van der Waals surface area contributed by atoms with E-state index in [1.54, 1.807) is 5.53 Å². The molecule has 2 rings (SSSR count). The van der Waals surface area contributed by atoms with Crippen LogP contribution >= 0.6 is 0 Å². The number of hydrogen-bond acceptors (Lipinski definition) is 12. The number of aromatic amines is 1. The molecule has 0 saturated carbocycles. The Balaban J connectivity index is 0.000000677. The summed E-state index contributed by atoms with van der Waals surface area (Å²) in [5.74, 6) is -1.34.